The molecule has 0 saturated carbocycles. The molecule has 1 aliphatic rings. The second-order valence-electron chi connectivity index (χ2n) is 9.03. The summed E-state index contributed by atoms with van der Waals surface area (Å²) in [6, 6.07) is 22.8. The van der Waals surface area contributed by atoms with Gasteiger partial charge in [0.1, 0.15) is 21.0 Å². The molecule has 1 saturated heterocycles. The predicted molar refractivity (Wildman–Crippen MR) is 141 cm³/mol. The summed E-state index contributed by atoms with van der Waals surface area (Å²) in [6.45, 7) is 5.97. The molecule has 5 aromatic rings. The van der Waals surface area contributed by atoms with Gasteiger partial charge < -0.3 is 14.5 Å². The summed E-state index contributed by atoms with van der Waals surface area (Å²) in [5, 5.41) is 18.3. The first-order chi connectivity index (χ1) is 18.0. The smallest absolute Gasteiger partial charge is 0.365 e. The maximum absolute atomic E-state index is 12.6. The van der Waals surface area contributed by atoms with Gasteiger partial charge in [-0.3, -0.25) is 0 Å². The zero-order valence-electron chi connectivity index (χ0n) is 20.3. The standard InChI is InChI=1S/C27H24N6O3S/c1-17-15-32(16-18(2)35-17)22-13-11-20(12-14-22)26-30-29-25(37-26)19-7-9-21(10-8-19)27(34)36-33-24-6-4-3-5-23(24)28-31-33/h3-14,17-18H,15-16H2,1-2H3. The predicted octanol–water partition coefficient (Wildman–Crippen LogP) is 4.50. The van der Waals surface area contributed by atoms with Crippen molar-refractivity contribution >= 4 is 34.0 Å². The summed E-state index contributed by atoms with van der Waals surface area (Å²) in [4.78, 5) is 21.5. The van der Waals surface area contributed by atoms with E-state index in [9.17, 15) is 4.79 Å². The van der Waals surface area contributed by atoms with Gasteiger partial charge in [0.25, 0.3) is 0 Å². The molecule has 2 aromatic heterocycles. The van der Waals surface area contributed by atoms with Crippen LogP contribution in [0.4, 0.5) is 5.69 Å². The van der Waals surface area contributed by atoms with Gasteiger partial charge in [-0.15, -0.1) is 15.3 Å². The van der Waals surface area contributed by atoms with E-state index in [0.29, 0.717) is 16.6 Å². The molecule has 0 aliphatic carbocycles. The average Bonchev–Trinajstić information content (AvgIpc) is 3.56. The number of carbonyl (C=O) groups excluding carboxylic acids is 1. The Morgan fingerprint density at radius 2 is 1.49 bits per heavy atom. The van der Waals surface area contributed by atoms with E-state index in [4.69, 9.17) is 9.57 Å². The Hall–Kier alpha value is -4.15. The number of fused-ring (bicyclic) bond motifs is 1. The van der Waals surface area contributed by atoms with Crippen LogP contribution in [0, 0.1) is 0 Å². The summed E-state index contributed by atoms with van der Waals surface area (Å²) in [7, 11) is 0. The molecule has 1 aliphatic heterocycles. The number of hydrogen-bond donors (Lipinski definition) is 0. The maximum atomic E-state index is 12.6. The first-order valence-corrected chi connectivity index (χ1v) is 12.8. The molecule has 3 heterocycles. The van der Waals surface area contributed by atoms with Crippen molar-refractivity contribution in [2.75, 3.05) is 18.0 Å². The molecule has 0 spiro atoms. The summed E-state index contributed by atoms with van der Waals surface area (Å²) in [6.07, 6.45) is 0.426. The van der Waals surface area contributed by atoms with Gasteiger partial charge in [0.15, 0.2) is 0 Å². The normalized spacial score (nSPS) is 17.7. The van der Waals surface area contributed by atoms with Crippen molar-refractivity contribution in [2.24, 2.45) is 0 Å². The van der Waals surface area contributed by atoms with Crippen LogP contribution in [0.25, 0.3) is 32.2 Å². The second kappa shape index (κ2) is 9.72. The third-order valence-corrected chi connectivity index (χ3v) is 7.20. The maximum Gasteiger partial charge on any atom is 0.365 e. The van der Waals surface area contributed by atoms with Crippen molar-refractivity contribution < 1.29 is 14.4 Å². The second-order valence-corrected chi connectivity index (χ2v) is 10.0. The summed E-state index contributed by atoms with van der Waals surface area (Å²) in [5.74, 6) is -0.524. The van der Waals surface area contributed by atoms with E-state index >= 15 is 0 Å². The highest BCUT2D eigenvalue weighted by molar-refractivity contribution is 7.17. The highest BCUT2D eigenvalue weighted by Gasteiger charge is 2.22. The van der Waals surface area contributed by atoms with E-state index < -0.39 is 5.97 Å². The van der Waals surface area contributed by atoms with E-state index in [0.717, 1.165) is 39.1 Å². The van der Waals surface area contributed by atoms with Gasteiger partial charge in [-0.05, 0) is 67.6 Å². The van der Waals surface area contributed by atoms with E-state index in [1.807, 2.05) is 24.3 Å². The SMILES string of the molecule is CC1CN(c2ccc(-c3nnc(-c4ccc(C(=O)On5nnc6ccccc65)cc4)s3)cc2)CC(C)O1. The molecule has 0 amide bonds. The number of hydrogen-bond acceptors (Lipinski definition) is 9. The summed E-state index contributed by atoms with van der Waals surface area (Å²) >= 11 is 1.51. The number of ether oxygens (including phenoxy) is 1. The fourth-order valence-electron chi connectivity index (χ4n) is 4.46. The molecule has 9 nitrogen and oxygen atoms in total. The van der Waals surface area contributed by atoms with Crippen molar-refractivity contribution in [1.29, 1.82) is 0 Å². The van der Waals surface area contributed by atoms with Crippen LogP contribution in [0.2, 0.25) is 0 Å². The zero-order chi connectivity index (χ0) is 25.4. The number of morpholine rings is 1. The van der Waals surface area contributed by atoms with Crippen LogP contribution in [0.1, 0.15) is 24.2 Å². The van der Waals surface area contributed by atoms with Crippen molar-refractivity contribution in [3.05, 3.63) is 78.4 Å². The third kappa shape index (κ3) is 4.81. The lowest BCUT2D eigenvalue weighted by molar-refractivity contribution is -0.00522. The fraction of sp³-hybridized carbons (Fsp3) is 0.222. The number of rotatable bonds is 5. The Balaban J connectivity index is 1.14. The number of para-hydroxylation sites is 1. The summed E-state index contributed by atoms with van der Waals surface area (Å²) < 4.78 is 5.84. The molecule has 1 fully saturated rings. The van der Waals surface area contributed by atoms with E-state index in [2.05, 4.69) is 63.5 Å². The van der Waals surface area contributed by atoms with E-state index in [1.54, 1.807) is 24.3 Å². The van der Waals surface area contributed by atoms with Crippen molar-refractivity contribution in [3.8, 4) is 21.1 Å². The quantitative estimate of drug-likeness (QED) is 0.318. The Morgan fingerprint density at radius 3 is 2.16 bits per heavy atom. The van der Waals surface area contributed by atoms with Crippen LogP contribution in [-0.4, -0.2) is 56.6 Å². The summed E-state index contributed by atoms with van der Waals surface area (Å²) in [5.41, 5.74) is 4.74. The molecule has 0 radical (unpaired) electrons. The van der Waals surface area contributed by atoms with Crippen LogP contribution >= 0.6 is 11.3 Å². The first-order valence-electron chi connectivity index (χ1n) is 12.0. The molecular weight excluding hydrogens is 488 g/mol. The minimum absolute atomic E-state index is 0.213. The van der Waals surface area contributed by atoms with Gasteiger partial charge in [0, 0.05) is 29.9 Å². The van der Waals surface area contributed by atoms with Gasteiger partial charge in [-0.1, -0.05) is 40.4 Å². The molecule has 2 unspecified atom stereocenters. The highest BCUT2D eigenvalue weighted by Crippen LogP contribution is 2.31. The fourth-order valence-corrected chi connectivity index (χ4v) is 5.31. The van der Waals surface area contributed by atoms with Crippen LogP contribution in [0.3, 0.4) is 0 Å². The van der Waals surface area contributed by atoms with Crippen LogP contribution in [0.15, 0.2) is 72.8 Å². The number of nitrogens with zero attached hydrogens (tertiary/aromatic N) is 6. The minimum atomic E-state index is -0.524. The lowest BCUT2D eigenvalue weighted by atomic mass is 10.1. The van der Waals surface area contributed by atoms with Crippen molar-refractivity contribution in [3.63, 3.8) is 0 Å². The molecule has 2 atom stereocenters. The van der Waals surface area contributed by atoms with E-state index in [1.165, 1.54) is 17.0 Å². The van der Waals surface area contributed by atoms with Crippen LogP contribution in [0.5, 0.6) is 0 Å². The molecule has 186 valence electrons. The van der Waals surface area contributed by atoms with Gasteiger partial charge in [-0.2, -0.15) is 0 Å². The number of aromatic nitrogens is 5. The molecule has 0 N–H and O–H groups in total. The van der Waals surface area contributed by atoms with Crippen molar-refractivity contribution in [2.45, 2.75) is 26.1 Å². The number of benzene rings is 3. The minimum Gasteiger partial charge on any atom is -0.372 e. The third-order valence-electron chi connectivity index (χ3n) is 6.18. The Morgan fingerprint density at radius 1 is 0.865 bits per heavy atom. The van der Waals surface area contributed by atoms with Crippen molar-refractivity contribution in [1.82, 2.24) is 25.4 Å². The van der Waals surface area contributed by atoms with Gasteiger partial charge in [0.05, 0.1) is 17.8 Å². The Kier molecular flexibility index (Phi) is 6.11. The number of carbonyl (C=O) groups is 1. The molecule has 10 heteroatoms. The molecule has 3 aromatic carbocycles. The topological polar surface area (TPSA) is 95.3 Å². The lowest BCUT2D eigenvalue weighted by Gasteiger charge is -2.36. The van der Waals surface area contributed by atoms with Gasteiger partial charge >= 0.3 is 5.97 Å². The Bertz CT molecular complexity index is 1540. The first kappa shape index (κ1) is 23.3. The largest absolute Gasteiger partial charge is 0.372 e. The molecule has 6 rings (SSSR count). The monoisotopic (exact) mass is 512 g/mol. The molecule has 37 heavy (non-hydrogen) atoms. The van der Waals surface area contributed by atoms with E-state index in [-0.39, 0.29) is 12.2 Å². The highest BCUT2D eigenvalue weighted by atomic mass is 32.1. The van der Waals surface area contributed by atoms with Gasteiger partial charge in [0.2, 0.25) is 0 Å². The average molecular weight is 513 g/mol. The Labute approximate surface area is 217 Å². The molecule has 0 bridgehead atoms. The number of anilines is 1. The zero-order valence-corrected chi connectivity index (χ0v) is 21.1. The van der Waals surface area contributed by atoms with Crippen LogP contribution < -0.4 is 9.74 Å². The molecular formula is C27H24N6O3S. The lowest BCUT2D eigenvalue weighted by Crippen LogP contribution is -2.45. The van der Waals surface area contributed by atoms with Gasteiger partial charge in [-0.25, -0.2) is 4.79 Å². The van der Waals surface area contributed by atoms with Crippen LogP contribution in [-0.2, 0) is 4.74 Å².